The summed E-state index contributed by atoms with van der Waals surface area (Å²) in [6.45, 7) is 4.40. The van der Waals surface area contributed by atoms with Crippen LogP contribution in [-0.2, 0) is 19.7 Å². The maximum Gasteiger partial charge on any atom is 0.282 e. The predicted octanol–water partition coefficient (Wildman–Crippen LogP) is 1.03. The number of ether oxygens (including phenoxy) is 2. The summed E-state index contributed by atoms with van der Waals surface area (Å²) in [5.41, 5.74) is 1.01. The Balaban J connectivity index is 1.79. The van der Waals surface area contributed by atoms with Gasteiger partial charge in [0.05, 0.1) is 25.9 Å². The highest BCUT2D eigenvalue weighted by Crippen LogP contribution is 2.28. The average Bonchev–Trinajstić information content (AvgIpc) is 2.57. The molecule has 1 aromatic carbocycles. The lowest BCUT2D eigenvalue weighted by molar-refractivity contribution is -0.0321. The van der Waals surface area contributed by atoms with Gasteiger partial charge in [-0.2, -0.15) is 17.0 Å². The molecule has 2 aliphatic rings. The van der Waals surface area contributed by atoms with Crippen molar-refractivity contribution < 1.29 is 17.9 Å². The summed E-state index contributed by atoms with van der Waals surface area (Å²) in [5.74, 6) is 0. The van der Waals surface area contributed by atoms with Crippen molar-refractivity contribution in [2.45, 2.75) is 19.1 Å². The first-order valence-electron chi connectivity index (χ1n) is 7.60. The fraction of sp³-hybridized carbons (Fsp3) is 0.600. The summed E-state index contributed by atoms with van der Waals surface area (Å²) >= 11 is 0. The Morgan fingerprint density at radius 1 is 1.14 bits per heavy atom. The van der Waals surface area contributed by atoms with E-state index in [1.165, 1.54) is 4.31 Å². The molecule has 0 saturated carbocycles. The molecule has 122 valence electrons. The zero-order valence-corrected chi connectivity index (χ0v) is 13.5. The van der Waals surface area contributed by atoms with Crippen LogP contribution in [0.2, 0.25) is 0 Å². The quantitative estimate of drug-likeness (QED) is 0.832. The molecule has 2 aliphatic heterocycles. The molecule has 22 heavy (non-hydrogen) atoms. The molecule has 2 unspecified atom stereocenters. The van der Waals surface area contributed by atoms with Gasteiger partial charge in [0, 0.05) is 25.7 Å². The van der Waals surface area contributed by atoms with E-state index in [1.807, 2.05) is 37.3 Å². The Bertz CT molecular complexity index is 587. The summed E-state index contributed by atoms with van der Waals surface area (Å²) in [5, 5.41) is 0. The van der Waals surface area contributed by atoms with Gasteiger partial charge in [-0.1, -0.05) is 30.3 Å². The number of hydrogen-bond acceptors (Lipinski definition) is 4. The minimum atomic E-state index is -3.47. The van der Waals surface area contributed by atoms with E-state index in [0.29, 0.717) is 39.5 Å². The van der Waals surface area contributed by atoms with Crippen LogP contribution < -0.4 is 0 Å². The molecule has 2 heterocycles. The summed E-state index contributed by atoms with van der Waals surface area (Å²) in [6, 6.07) is 9.61. The van der Waals surface area contributed by atoms with Gasteiger partial charge < -0.3 is 9.47 Å². The summed E-state index contributed by atoms with van der Waals surface area (Å²) in [4.78, 5) is 0. The van der Waals surface area contributed by atoms with Gasteiger partial charge >= 0.3 is 0 Å². The van der Waals surface area contributed by atoms with Crippen molar-refractivity contribution in [1.29, 1.82) is 0 Å². The normalized spacial score (nSPS) is 28.6. The van der Waals surface area contributed by atoms with E-state index in [0.717, 1.165) is 5.56 Å². The largest absolute Gasteiger partial charge is 0.379 e. The molecule has 2 atom stereocenters. The second kappa shape index (κ2) is 6.64. The SMILES string of the molecule is CC1COC(c2ccccc2)CN1S(=O)(=O)N1CCOCC1. The molecule has 0 radical (unpaired) electrons. The van der Waals surface area contributed by atoms with E-state index >= 15 is 0 Å². The first-order valence-corrected chi connectivity index (χ1v) is 9.00. The van der Waals surface area contributed by atoms with E-state index in [1.54, 1.807) is 4.31 Å². The van der Waals surface area contributed by atoms with Gasteiger partial charge in [-0.25, -0.2) is 0 Å². The van der Waals surface area contributed by atoms with Gasteiger partial charge in [0.2, 0.25) is 0 Å². The summed E-state index contributed by atoms with van der Waals surface area (Å²) in [7, 11) is -3.47. The Morgan fingerprint density at radius 3 is 2.50 bits per heavy atom. The molecule has 6 nitrogen and oxygen atoms in total. The van der Waals surface area contributed by atoms with E-state index in [-0.39, 0.29) is 12.1 Å². The van der Waals surface area contributed by atoms with Crippen LogP contribution in [0, 0.1) is 0 Å². The molecule has 0 bridgehead atoms. The van der Waals surface area contributed by atoms with Crippen LogP contribution in [0.1, 0.15) is 18.6 Å². The maximum absolute atomic E-state index is 12.9. The highest BCUT2D eigenvalue weighted by atomic mass is 32.2. The van der Waals surface area contributed by atoms with Gasteiger partial charge in [0.25, 0.3) is 10.2 Å². The van der Waals surface area contributed by atoms with Gasteiger partial charge in [0.15, 0.2) is 0 Å². The van der Waals surface area contributed by atoms with E-state index in [4.69, 9.17) is 9.47 Å². The Labute approximate surface area is 131 Å². The van der Waals surface area contributed by atoms with Gasteiger partial charge in [0.1, 0.15) is 0 Å². The summed E-state index contributed by atoms with van der Waals surface area (Å²) < 4.78 is 39.9. The second-order valence-corrected chi connectivity index (χ2v) is 7.55. The average molecular weight is 326 g/mol. The molecule has 0 aliphatic carbocycles. The minimum Gasteiger partial charge on any atom is -0.379 e. The fourth-order valence-electron chi connectivity index (χ4n) is 2.85. The van der Waals surface area contributed by atoms with Crippen molar-refractivity contribution in [2.75, 3.05) is 39.5 Å². The predicted molar refractivity (Wildman–Crippen MR) is 82.6 cm³/mol. The van der Waals surface area contributed by atoms with Crippen LogP contribution >= 0.6 is 0 Å². The highest BCUT2D eigenvalue weighted by Gasteiger charge is 2.39. The third-order valence-electron chi connectivity index (χ3n) is 4.14. The third kappa shape index (κ3) is 3.18. The number of benzene rings is 1. The molecule has 3 rings (SSSR count). The molecule has 0 amide bonds. The van der Waals surface area contributed by atoms with Crippen molar-refractivity contribution in [3.8, 4) is 0 Å². The zero-order chi connectivity index (χ0) is 15.6. The zero-order valence-electron chi connectivity index (χ0n) is 12.7. The fourth-order valence-corrected chi connectivity index (χ4v) is 4.60. The van der Waals surface area contributed by atoms with Gasteiger partial charge in [-0.3, -0.25) is 0 Å². The van der Waals surface area contributed by atoms with Crippen molar-refractivity contribution in [1.82, 2.24) is 8.61 Å². The Hall–Kier alpha value is -0.990. The molecular weight excluding hydrogens is 304 g/mol. The molecule has 2 saturated heterocycles. The first kappa shape index (κ1) is 15.9. The Kier molecular flexibility index (Phi) is 4.79. The molecule has 0 N–H and O–H groups in total. The lowest BCUT2D eigenvalue weighted by atomic mass is 10.1. The van der Waals surface area contributed by atoms with E-state index < -0.39 is 10.2 Å². The lowest BCUT2D eigenvalue weighted by Crippen LogP contribution is -2.55. The van der Waals surface area contributed by atoms with Crippen LogP contribution in [0.4, 0.5) is 0 Å². The number of hydrogen-bond donors (Lipinski definition) is 0. The number of nitrogens with zero attached hydrogens (tertiary/aromatic N) is 2. The molecule has 0 spiro atoms. The van der Waals surface area contributed by atoms with Crippen LogP contribution in [0.15, 0.2) is 30.3 Å². The van der Waals surface area contributed by atoms with Crippen LogP contribution in [0.3, 0.4) is 0 Å². The van der Waals surface area contributed by atoms with Crippen LogP contribution in [-0.4, -0.2) is 62.5 Å². The van der Waals surface area contributed by atoms with Crippen molar-refractivity contribution in [2.24, 2.45) is 0 Å². The number of rotatable bonds is 3. The molecule has 1 aromatic rings. The summed E-state index contributed by atoms with van der Waals surface area (Å²) in [6.07, 6.45) is -0.215. The van der Waals surface area contributed by atoms with Crippen LogP contribution in [0.25, 0.3) is 0 Å². The second-order valence-electron chi connectivity index (χ2n) is 5.67. The molecular formula is C15H22N2O4S. The van der Waals surface area contributed by atoms with Crippen molar-refractivity contribution >= 4 is 10.2 Å². The molecule has 0 aromatic heterocycles. The number of morpholine rings is 2. The Morgan fingerprint density at radius 2 is 1.82 bits per heavy atom. The third-order valence-corrected chi connectivity index (χ3v) is 6.26. The maximum atomic E-state index is 12.9. The molecule has 2 fully saturated rings. The van der Waals surface area contributed by atoms with Gasteiger partial charge in [-0.05, 0) is 12.5 Å². The lowest BCUT2D eigenvalue weighted by Gasteiger charge is -2.40. The smallest absolute Gasteiger partial charge is 0.282 e. The van der Waals surface area contributed by atoms with Crippen molar-refractivity contribution in [3.05, 3.63) is 35.9 Å². The monoisotopic (exact) mass is 326 g/mol. The standard InChI is InChI=1S/C15H22N2O4S/c1-13-12-21-15(14-5-3-2-4-6-14)11-17(13)22(18,19)16-7-9-20-10-8-16/h2-6,13,15H,7-12H2,1H3. The van der Waals surface area contributed by atoms with E-state index in [2.05, 4.69) is 0 Å². The van der Waals surface area contributed by atoms with Gasteiger partial charge in [-0.15, -0.1) is 0 Å². The highest BCUT2D eigenvalue weighted by molar-refractivity contribution is 7.86. The van der Waals surface area contributed by atoms with E-state index in [9.17, 15) is 8.42 Å². The van der Waals surface area contributed by atoms with Crippen molar-refractivity contribution in [3.63, 3.8) is 0 Å². The molecule has 7 heteroatoms. The first-order chi connectivity index (χ1) is 10.6. The minimum absolute atomic E-state index is 0.159. The topological polar surface area (TPSA) is 59.1 Å². The van der Waals surface area contributed by atoms with Crippen LogP contribution in [0.5, 0.6) is 0 Å².